The number of nitrogens with zero attached hydrogens (tertiary/aromatic N) is 2. The number of carbonyl (C=O) groups is 2. The Morgan fingerprint density at radius 1 is 1.03 bits per heavy atom. The fourth-order valence-electron chi connectivity index (χ4n) is 3.93. The van der Waals surface area contributed by atoms with Crippen LogP contribution < -0.4 is 9.61 Å². The third-order valence-electron chi connectivity index (χ3n) is 5.82. The minimum atomic E-state index is -1.27. The molecule has 0 aliphatic rings. The average Bonchev–Trinajstić information content (AvgIpc) is 3.22. The summed E-state index contributed by atoms with van der Waals surface area (Å²) < 4.78 is 12.7. The van der Waals surface area contributed by atoms with E-state index in [9.17, 15) is 24.7 Å². The van der Waals surface area contributed by atoms with Crippen molar-refractivity contribution in [1.29, 1.82) is 0 Å². The van der Waals surface area contributed by atoms with Gasteiger partial charge in [-0.05, 0) is 36.2 Å². The summed E-state index contributed by atoms with van der Waals surface area (Å²) >= 11 is 1.11. The maximum Gasteiger partial charge on any atom is 0.320 e. The number of rotatable bonds is 10. The molecule has 0 radical (unpaired) electrons. The SMILES string of the molecule is COC(=O)C(Cc1ccc(OCCn2c(=O)sc3cc(/C(=N/O)c4ccccc4)ccc32)cc1)C(=O)O. The highest BCUT2D eigenvalue weighted by atomic mass is 32.1. The normalized spacial score (nSPS) is 12.3. The van der Waals surface area contributed by atoms with Crippen LogP contribution in [0.25, 0.3) is 10.2 Å². The van der Waals surface area contributed by atoms with Crippen molar-refractivity contribution in [2.24, 2.45) is 11.1 Å². The first-order valence-electron chi connectivity index (χ1n) is 11.3. The molecule has 0 aliphatic heterocycles. The maximum atomic E-state index is 12.6. The summed E-state index contributed by atoms with van der Waals surface area (Å²) in [6.45, 7) is 0.559. The Bertz CT molecular complexity index is 1490. The number of thiazole rings is 1. The molecule has 37 heavy (non-hydrogen) atoms. The Balaban J connectivity index is 1.42. The maximum absolute atomic E-state index is 12.6. The number of carboxylic acid groups (broad SMARTS) is 1. The molecule has 0 fully saturated rings. The minimum absolute atomic E-state index is 0.00748. The standard InChI is InChI=1S/C27H24N2O7S/c1-35-26(32)21(25(30)31)15-17-7-10-20(11-8-17)36-14-13-29-22-12-9-19(16-23(22)37-27(29)33)24(28-34)18-5-3-2-4-6-18/h2-12,16,21,34H,13-15H2,1H3,(H,30,31)/b28-24+. The zero-order chi connectivity index (χ0) is 26.4. The number of carboxylic acids is 1. The Labute approximate surface area is 215 Å². The van der Waals surface area contributed by atoms with E-state index in [0.717, 1.165) is 34.2 Å². The van der Waals surface area contributed by atoms with E-state index in [0.29, 0.717) is 29.1 Å². The molecule has 10 heteroatoms. The van der Waals surface area contributed by atoms with Crippen molar-refractivity contribution >= 4 is 39.2 Å². The quantitative estimate of drug-likeness (QED) is 0.107. The van der Waals surface area contributed by atoms with Gasteiger partial charge in [0.1, 0.15) is 18.1 Å². The van der Waals surface area contributed by atoms with Crippen LogP contribution in [-0.4, -0.2) is 46.2 Å². The number of methoxy groups -OCH3 is 1. The number of carbonyl (C=O) groups excluding carboxylic acids is 1. The van der Waals surface area contributed by atoms with Crippen molar-refractivity contribution < 1.29 is 29.4 Å². The molecule has 9 nitrogen and oxygen atoms in total. The summed E-state index contributed by atoms with van der Waals surface area (Å²) in [4.78, 5) is 35.5. The number of oxime groups is 1. The predicted molar refractivity (Wildman–Crippen MR) is 139 cm³/mol. The van der Waals surface area contributed by atoms with Crippen molar-refractivity contribution in [2.45, 2.75) is 13.0 Å². The molecule has 0 spiro atoms. The van der Waals surface area contributed by atoms with E-state index in [2.05, 4.69) is 9.89 Å². The lowest BCUT2D eigenvalue weighted by molar-refractivity contribution is -0.156. The molecule has 1 atom stereocenters. The summed E-state index contributed by atoms with van der Waals surface area (Å²) in [5.74, 6) is -2.76. The van der Waals surface area contributed by atoms with Crippen LogP contribution in [0.4, 0.5) is 0 Å². The first-order chi connectivity index (χ1) is 17.9. The Morgan fingerprint density at radius 2 is 1.76 bits per heavy atom. The van der Waals surface area contributed by atoms with Gasteiger partial charge in [-0.1, -0.05) is 65.0 Å². The fraction of sp³-hybridized carbons (Fsp3) is 0.185. The molecule has 2 N–H and O–H groups in total. The van der Waals surface area contributed by atoms with Gasteiger partial charge in [-0.3, -0.25) is 19.0 Å². The summed E-state index contributed by atoms with van der Waals surface area (Å²) in [5.41, 5.74) is 3.29. The van der Waals surface area contributed by atoms with Gasteiger partial charge in [-0.25, -0.2) is 0 Å². The second-order valence-corrected chi connectivity index (χ2v) is 9.12. The van der Waals surface area contributed by atoms with E-state index in [-0.39, 0.29) is 17.9 Å². The van der Waals surface area contributed by atoms with Crippen LogP contribution in [0.2, 0.25) is 0 Å². The van der Waals surface area contributed by atoms with Gasteiger partial charge in [-0.15, -0.1) is 0 Å². The van der Waals surface area contributed by atoms with E-state index in [1.54, 1.807) is 28.8 Å². The number of esters is 1. The number of fused-ring (bicyclic) bond motifs is 1. The summed E-state index contributed by atoms with van der Waals surface area (Å²) in [6.07, 6.45) is 0.00748. The minimum Gasteiger partial charge on any atom is -0.492 e. The molecule has 0 saturated carbocycles. The molecular formula is C27H24N2O7S. The zero-order valence-corrected chi connectivity index (χ0v) is 20.7. The second kappa shape index (κ2) is 11.5. The van der Waals surface area contributed by atoms with Gasteiger partial charge in [0.15, 0.2) is 5.92 Å². The first kappa shape index (κ1) is 25.6. The van der Waals surface area contributed by atoms with Gasteiger partial charge in [0.2, 0.25) is 0 Å². The first-order valence-corrected chi connectivity index (χ1v) is 12.2. The molecule has 0 amide bonds. The third kappa shape index (κ3) is 5.87. The molecular weight excluding hydrogens is 496 g/mol. The molecule has 4 aromatic rings. The van der Waals surface area contributed by atoms with E-state index in [1.165, 1.54) is 0 Å². The summed E-state index contributed by atoms with van der Waals surface area (Å²) in [6, 6.07) is 21.5. The topological polar surface area (TPSA) is 127 Å². The average molecular weight is 521 g/mol. The van der Waals surface area contributed by atoms with Crippen molar-refractivity contribution in [1.82, 2.24) is 4.57 Å². The highest BCUT2D eigenvalue weighted by Gasteiger charge is 2.27. The molecule has 0 aliphatic carbocycles. The number of ether oxygens (including phenoxy) is 2. The molecule has 190 valence electrons. The second-order valence-electron chi connectivity index (χ2n) is 8.13. The van der Waals surface area contributed by atoms with Crippen LogP contribution >= 0.6 is 11.3 Å². The molecule has 3 aromatic carbocycles. The van der Waals surface area contributed by atoms with Crippen LogP contribution in [0.15, 0.2) is 82.7 Å². The Kier molecular flexibility index (Phi) is 7.99. The van der Waals surface area contributed by atoms with E-state index >= 15 is 0 Å². The molecule has 0 saturated heterocycles. The van der Waals surface area contributed by atoms with Crippen molar-refractivity contribution in [3.8, 4) is 5.75 Å². The number of hydrogen-bond acceptors (Lipinski definition) is 8. The van der Waals surface area contributed by atoms with Crippen LogP contribution in [0.1, 0.15) is 16.7 Å². The molecule has 1 heterocycles. The Hall–Kier alpha value is -4.44. The van der Waals surface area contributed by atoms with Crippen LogP contribution in [0.5, 0.6) is 5.75 Å². The van der Waals surface area contributed by atoms with Gasteiger partial charge in [0.05, 0.1) is 23.9 Å². The molecule has 1 unspecified atom stereocenters. The van der Waals surface area contributed by atoms with Gasteiger partial charge in [0.25, 0.3) is 0 Å². The van der Waals surface area contributed by atoms with Crippen LogP contribution in [0.3, 0.4) is 0 Å². The number of hydrogen-bond donors (Lipinski definition) is 2. The van der Waals surface area contributed by atoms with E-state index < -0.39 is 17.9 Å². The fourth-order valence-corrected chi connectivity index (χ4v) is 4.89. The summed E-state index contributed by atoms with van der Waals surface area (Å²) in [5, 5.41) is 22.3. The van der Waals surface area contributed by atoms with Crippen molar-refractivity contribution in [3.05, 3.63) is 99.2 Å². The largest absolute Gasteiger partial charge is 0.492 e. The monoisotopic (exact) mass is 520 g/mol. The van der Waals surface area contributed by atoms with Gasteiger partial charge in [-0.2, -0.15) is 0 Å². The van der Waals surface area contributed by atoms with Gasteiger partial charge < -0.3 is 19.8 Å². The van der Waals surface area contributed by atoms with Crippen LogP contribution in [0, 0.1) is 5.92 Å². The zero-order valence-electron chi connectivity index (χ0n) is 19.9. The smallest absolute Gasteiger partial charge is 0.320 e. The lowest BCUT2D eigenvalue weighted by atomic mass is 9.99. The van der Waals surface area contributed by atoms with Crippen LogP contribution in [-0.2, 0) is 27.3 Å². The lowest BCUT2D eigenvalue weighted by Crippen LogP contribution is -2.27. The summed E-state index contributed by atoms with van der Waals surface area (Å²) in [7, 11) is 1.15. The van der Waals surface area contributed by atoms with Gasteiger partial charge >= 0.3 is 16.8 Å². The van der Waals surface area contributed by atoms with Gasteiger partial charge in [0, 0.05) is 11.1 Å². The number of aromatic nitrogens is 1. The van der Waals surface area contributed by atoms with E-state index in [4.69, 9.17) is 4.74 Å². The number of aliphatic carboxylic acids is 1. The molecule has 4 rings (SSSR count). The lowest BCUT2D eigenvalue weighted by Gasteiger charge is -2.11. The molecule has 1 aromatic heterocycles. The predicted octanol–water partition coefficient (Wildman–Crippen LogP) is 3.78. The highest BCUT2D eigenvalue weighted by Crippen LogP contribution is 2.22. The van der Waals surface area contributed by atoms with Crippen molar-refractivity contribution in [2.75, 3.05) is 13.7 Å². The Morgan fingerprint density at radius 3 is 2.41 bits per heavy atom. The third-order valence-corrected chi connectivity index (χ3v) is 6.76. The molecule has 0 bridgehead atoms. The highest BCUT2D eigenvalue weighted by molar-refractivity contribution is 7.16. The number of benzene rings is 3. The van der Waals surface area contributed by atoms with Crippen molar-refractivity contribution in [3.63, 3.8) is 0 Å². The van der Waals surface area contributed by atoms with E-state index in [1.807, 2.05) is 48.5 Å².